The highest BCUT2D eigenvalue weighted by Gasteiger charge is 2.29. The van der Waals surface area contributed by atoms with E-state index in [-0.39, 0.29) is 31.2 Å². The zero-order valence-corrected chi connectivity index (χ0v) is 16.4. The Morgan fingerprint density at radius 2 is 2.07 bits per heavy atom. The van der Waals surface area contributed by atoms with Crippen LogP contribution in [0, 0.1) is 20.8 Å². The number of aryl methyl sites for hydroxylation is 3. The summed E-state index contributed by atoms with van der Waals surface area (Å²) in [6, 6.07) is 3.58. The normalized spacial score (nSPS) is 17.1. The molecule has 9 nitrogen and oxygen atoms in total. The number of furan rings is 1. The number of carbonyl (C=O) groups is 2. The van der Waals surface area contributed by atoms with Gasteiger partial charge in [-0.15, -0.1) is 0 Å². The zero-order chi connectivity index (χ0) is 20.7. The first kappa shape index (κ1) is 19.1. The number of carboxylic acids is 1. The highest BCUT2D eigenvalue weighted by molar-refractivity contribution is 6.07. The summed E-state index contributed by atoms with van der Waals surface area (Å²) in [5, 5.41) is 13.5. The van der Waals surface area contributed by atoms with Gasteiger partial charge in [-0.3, -0.25) is 9.59 Å². The molecule has 1 unspecified atom stereocenters. The van der Waals surface area contributed by atoms with Gasteiger partial charge in [0, 0.05) is 18.7 Å². The van der Waals surface area contributed by atoms with Crippen LogP contribution in [0.25, 0.3) is 22.4 Å². The number of carboxylic acid groups (broad SMARTS) is 1. The van der Waals surface area contributed by atoms with Crippen molar-refractivity contribution >= 4 is 23.0 Å². The number of rotatable bonds is 4. The molecule has 4 heterocycles. The zero-order valence-electron chi connectivity index (χ0n) is 16.4. The molecular weight excluding hydrogens is 378 g/mol. The predicted molar refractivity (Wildman–Crippen MR) is 102 cm³/mol. The van der Waals surface area contributed by atoms with E-state index < -0.39 is 12.1 Å². The maximum atomic E-state index is 13.4. The van der Waals surface area contributed by atoms with E-state index in [1.807, 2.05) is 19.9 Å². The van der Waals surface area contributed by atoms with Gasteiger partial charge in [0.15, 0.2) is 0 Å². The molecule has 1 N–H and O–H groups in total. The minimum Gasteiger partial charge on any atom is -0.481 e. The number of fused-ring (bicyclic) bond motifs is 1. The van der Waals surface area contributed by atoms with Crippen LogP contribution in [0.1, 0.15) is 34.0 Å². The first-order valence-electron chi connectivity index (χ1n) is 9.30. The topological polar surface area (TPSA) is 119 Å². The number of pyridine rings is 1. The molecule has 0 bridgehead atoms. The Balaban J connectivity index is 1.75. The van der Waals surface area contributed by atoms with Crippen LogP contribution in [0.2, 0.25) is 0 Å². The fourth-order valence-corrected chi connectivity index (χ4v) is 3.68. The lowest BCUT2D eigenvalue weighted by atomic mass is 10.0. The number of amides is 1. The number of carbonyl (C=O) groups excluding carboxylic acids is 1. The Morgan fingerprint density at radius 1 is 1.28 bits per heavy atom. The molecule has 1 aliphatic rings. The van der Waals surface area contributed by atoms with E-state index in [1.165, 1.54) is 0 Å². The minimum atomic E-state index is -0.960. The molecule has 29 heavy (non-hydrogen) atoms. The number of hydrogen-bond acceptors (Lipinski definition) is 7. The molecule has 0 aromatic carbocycles. The van der Waals surface area contributed by atoms with Gasteiger partial charge in [-0.1, -0.05) is 5.16 Å². The molecule has 1 fully saturated rings. The van der Waals surface area contributed by atoms with Gasteiger partial charge in [0.05, 0.1) is 41.5 Å². The van der Waals surface area contributed by atoms with E-state index in [2.05, 4.69) is 10.1 Å². The quantitative estimate of drug-likeness (QED) is 0.711. The first-order chi connectivity index (χ1) is 13.8. The number of morpholine rings is 1. The molecule has 1 saturated heterocycles. The van der Waals surface area contributed by atoms with E-state index in [0.717, 1.165) is 11.3 Å². The maximum absolute atomic E-state index is 13.4. The monoisotopic (exact) mass is 399 g/mol. The Bertz CT molecular complexity index is 1100. The molecule has 0 spiro atoms. The second kappa shape index (κ2) is 7.32. The van der Waals surface area contributed by atoms with Crippen LogP contribution >= 0.6 is 0 Å². The van der Waals surface area contributed by atoms with Crippen LogP contribution in [0.5, 0.6) is 0 Å². The van der Waals surface area contributed by atoms with Crippen molar-refractivity contribution in [3.63, 3.8) is 0 Å². The largest absolute Gasteiger partial charge is 0.481 e. The van der Waals surface area contributed by atoms with Gasteiger partial charge < -0.3 is 23.7 Å². The van der Waals surface area contributed by atoms with Gasteiger partial charge in [0.2, 0.25) is 0 Å². The Labute approximate surface area is 166 Å². The summed E-state index contributed by atoms with van der Waals surface area (Å²) in [4.78, 5) is 30.5. The van der Waals surface area contributed by atoms with Gasteiger partial charge >= 0.3 is 5.97 Å². The Hall–Kier alpha value is -3.20. The molecule has 9 heteroatoms. The van der Waals surface area contributed by atoms with E-state index in [1.54, 1.807) is 17.9 Å². The second-order valence-electron chi connectivity index (χ2n) is 7.17. The Morgan fingerprint density at radius 3 is 2.76 bits per heavy atom. The molecule has 0 saturated carbocycles. The summed E-state index contributed by atoms with van der Waals surface area (Å²) in [5.41, 5.74) is 2.59. The molecule has 1 atom stereocenters. The molecule has 3 aromatic rings. The fourth-order valence-electron chi connectivity index (χ4n) is 3.68. The van der Waals surface area contributed by atoms with Crippen molar-refractivity contribution in [2.45, 2.75) is 33.3 Å². The highest BCUT2D eigenvalue weighted by Crippen LogP contribution is 2.31. The van der Waals surface area contributed by atoms with E-state index in [4.69, 9.17) is 18.8 Å². The molecule has 1 amide bonds. The van der Waals surface area contributed by atoms with Crippen LogP contribution in [0.15, 0.2) is 21.1 Å². The molecule has 0 aliphatic carbocycles. The van der Waals surface area contributed by atoms with Gasteiger partial charge in [-0.25, -0.2) is 4.98 Å². The van der Waals surface area contributed by atoms with Crippen molar-refractivity contribution in [2.75, 3.05) is 19.7 Å². The van der Waals surface area contributed by atoms with Crippen molar-refractivity contribution in [3.8, 4) is 11.3 Å². The lowest BCUT2D eigenvalue weighted by molar-refractivity contribution is -0.141. The Kier molecular flexibility index (Phi) is 4.83. The third-order valence-corrected chi connectivity index (χ3v) is 4.99. The molecule has 152 valence electrons. The second-order valence-corrected chi connectivity index (χ2v) is 7.17. The van der Waals surface area contributed by atoms with E-state index >= 15 is 0 Å². The van der Waals surface area contributed by atoms with Crippen molar-refractivity contribution in [1.82, 2.24) is 15.0 Å². The SMILES string of the molecule is Cc1cc(-c2cc(C(=O)N3CCOC(CC(=O)O)C3)c3c(C)noc3n2)c(C)o1. The third kappa shape index (κ3) is 3.61. The van der Waals surface area contributed by atoms with Crippen LogP contribution < -0.4 is 0 Å². The van der Waals surface area contributed by atoms with Crippen molar-refractivity contribution in [2.24, 2.45) is 0 Å². The summed E-state index contributed by atoms with van der Waals surface area (Å²) >= 11 is 0. The lowest BCUT2D eigenvalue weighted by Crippen LogP contribution is -2.46. The summed E-state index contributed by atoms with van der Waals surface area (Å²) in [7, 11) is 0. The van der Waals surface area contributed by atoms with Crippen LogP contribution in [0.4, 0.5) is 0 Å². The summed E-state index contributed by atoms with van der Waals surface area (Å²) < 4.78 is 16.4. The average molecular weight is 399 g/mol. The number of ether oxygens (including phenoxy) is 1. The first-order valence-corrected chi connectivity index (χ1v) is 9.30. The van der Waals surface area contributed by atoms with Crippen molar-refractivity contribution in [1.29, 1.82) is 0 Å². The summed E-state index contributed by atoms with van der Waals surface area (Å²) in [6.45, 7) is 6.30. The van der Waals surface area contributed by atoms with Gasteiger partial charge in [0.25, 0.3) is 11.6 Å². The van der Waals surface area contributed by atoms with Crippen molar-refractivity contribution < 1.29 is 28.4 Å². The number of hydrogen-bond donors (Lipinski definition) is 1. The summed E-state index contributed by atoms with van der Waals surface area (Å²) in [5.74, 6) is 0.239. The van der Waals surface area contributed by atoms with E-state index in [9.17, 15) is 9.59 Å². The van der Waals surface area contributed by atoms with Crippen LogP contribution in [-0.2, 0) is 9.53 Å². The summed E-state index contributed by atoms with van der Waals surface area (Å²) in [6.07, 6.45) is -0.690. The highest BCUT2D eigenvalue weighted by atomic mass is 16.5. The van der Waals surface area contributed by atoms with Gasteiger partial charge in [0.1, 0.15) is 11.5 Å². The van der Waals surface area contributed by atoms with Gasteiger partial charge in [-0.2, -0.15) is 0 Å². The van der Waals surface area contributed by atoms with Crippen LogP contribution in [0.3, 0.4) is 0 Å². The van der Waals surface area contributed by atoms with Crippen LogP contribution in [-0.4, -0.2) is 57.8 Å². The average Bonchev–Trinajstić information content (AvgIpc) is 3.21. The lowest BCUT2D eigenvalue weighted by Gasteiger charge is -2.32. The predicted octanol–water partition coefficient (Wildman–Crippen LogP) is 2.72. The molecular formula is C20H21N3O6. The number of nitrogens with zero attached hydrogens (tertiary/aromatic N) is 3. The molecule has 4 rings (SSSR count). The maximum Gasteiger partial charge on any atom is 0.306 e. The standard InChI is InChI=1S/C20H21N3O6/c1-10-6-14(12(3)28-10)16-8-15(18-11(2)22-29-19(18)21-16)20(26)23-4-5-27-13(9-23)7-17(24)25/h6,8,13H,4-5,7,9H2,1-3H3,(H,24,25). The fraction of sp³-hybridized carbons (Fsp3) is 0.400. The van der Waals surface area contributed by atoms with E-state index in [0.29, 0.717) is 34.6 Å². The number of aliphatic carboxylic acids is 1. The minimum absolute atomic E-state index is 0.152. The molecule has 3 aromatic heterocycles. The van der Waals surface area contributed by atoms with Gasteiger partial charge in [-0.05, 0) is 32.9 Å². The smallest absolute Gasteiger partial charge is 0.306 e. The molecule has 1 aliphatic heterocycles. The number of aromatic nitrogens is 2. The van der Waals surface area contributed by atoms with Crippen molar-refractivity contribution in [3.05, 3.63) is 34.9 Å². The third-order valence-electron chi connectivity index (χ3n) is 4.99. The molecule has 0 radical (unpaired) electrons.